The van der Waals surface area contributed by atoms with E-state index in [0.29, 0.717) is 35.4 Å². The normalized spacial score (nSPS) is 29.5. The molecule has 0 radical (unpaired) electrons. The molecule has 1 spiro atoms. The zero-order valence-electron chi connectivity index (χ0n) is 24.1. The van der Waals surface area contributed by atoms with E-state index in [1.807, 2.05) is 6.07 Å². The summed E-state index contributed by atoms with van der Waals surface area (Å²) >= 11 is 6.28. The largest absolute Gasteiger partial charge is 0.542 e. The highest BCUT2D eigenvalue weighted by atomic mass is 35.5. The number of aromatic nitrogens is 1. The molecule has 2 aromatic rings. The third kappa shape index (κ3) is 6.71. The Morgan fingerprint density at radius 1 is 1.05 bits per heavy atom. The number of aliphatic hydroxyl groups is 1. The van der Waals surface area contributed by atoms with E-state index in [2.05, 4.69) is 51.6 Å². The van der Waals surface area contributed by atoms with E-state index in [1.54, 1.807) is 0 Å². The Labute approximate surface area is 254 Å². The van der Waals surface area contributed by atoms with E-state index < -0.39 is 18.2 Å². The van der Waals surface area contributed by atoms with Gasteiger partial charge < -0.3 is 25.2 Å². The number of rotatable bonds is 3. The molecule has 2 aliphatic carbocycles. The van der Waals surface area contributed by atoms with Gasteiger partial charge in [0.15, 0.2) is 0 Å². The number of H-pyrrole nitrogens is 1. The lowest BCUT2D eigenvalue weighted by Gasteiger charge is -2.47. The van der Waals surface area contributed by atoms with E-state index in [-0.39, 0.29) is 11.3 Å². The number of carboxylic acid groups (broad SMARTS) is 1. The van der Waals surface area contributed by atoms with E-state index in [0.717, 1.165) is 50.2 Å². The molecule has 11 heteroatoms. The Balaban J connectivity index is 0.000000472. The summed E-state index contributed by atoms with van der Waals surface area (Å²) in [6.45, 7) is 2.58. The van der Waals surface area contributed by atoms with Crippen molar-refractivity contribution in [3.05, 3.63) is 64.4 Å². The SMILES string of the molecule is O=C(C1C[NH2+]C[C@]12CCC(O)c1[nH+]c(Cl)ccc12)N1CC[C@@H](c2ccccc2)C[C@H]1C1CCCCC1.O=C([O-])C(F)(F)F. The van der Waals surface area contributed by atoms with Crippen LogP contribution in [0.5, 0.6) is 0 Å². The molecule has 1 saturated carbocycles. The number of alkyl halides is 3. The monoisotopic (exact) mass is 622 g/mol. The summed E-state index contributed by atoms with van der Waals surface area (Å²) in [5.41, 5.74) is 3.11. The molecule has 4 N–H and O–H groups in total. The van der Waals surface area contributed by atoms with Crippen molar-refractivity contribution in [2.75, 3.05) is 19.6 Å². The minimum Gasteiger partial charge on any atom is -0.542 e. The summed E-state index contributed by atoms with van der Waals surface area (Å²) in [4.78, 5) is 28.9. The van der Waals surface area contributed by atoms with Crippen molar-refractivity contribution in [1.29, 1.82) is 0 Å². The van der Waals surface area contributed by atoms with E-state index >= 15 is 0 Å². The average molecular weight is 623 g/mol. The number of aliphatic carboxylic acids is 1. The number of halogens is 4. The van der Waals surface area contributed by atoms with Crippen LogP contribution >= 0.6 is 11.6 Å². The zero-order chi connectivity index (χ0) is 30.8. The van der Waals surface area contributed by atoms with Crippen molar-refractivity contribution in [2.24, 2.45) is 11.8 Å². The summed E-state index contributed by atoms with van der Waals surface area (Å²) in [6, 6.07) is 15.2. The Morgan fingerprint density at radius 3 is 2.42 bits per heavy atom. The summed E-state index contributed by atoms with van der Waals surface area (Å²) in [5.74, 6) is -1.56. The second-order valence-electron chi connectivity index (χ2n) is 12.5. The van der Waals surface area contributed by atoms with Gasteiger partial charge in [-0.3, -0.25) is 4.79 Å². The molecule has 1 aromatic carbocycles. The molecule has 5 atom stereocenters. The smallest absolute Gasteiger partial charge is 0.430 e. The van der Waals surface area contributed by atoms with Gasteiger partial charge in [0.25, 0.3) is 5.15 Å². The molecule has 7 nitrogen and oxygen atoms in total. The van der Waals surface area contributed by atoms with Gasteiger partial charge in [0.2, 0.25) is 11.6 Å². The van der Waals surface area contributed by atoms with E-state index in [9.17, 15) is 23.1 Å². The topological polar surface area (TPSA) is 111 Å². The highest BCUT2D eigenvalue weighted by molar-refractivity contribution is 6.28. The lowest BCUT2D eigenvalue weighted by Crippen LogP contribution is -2.82. The number of nitrogens with two attached hydrogens (primary N) is 1. The van der Waals surface area contributed by atoms with Crippen LogP contribution in [0.1, 0.15) is 86.6 Å². The first-order chi connectivity index (χ1) is 20.5. The molecule has 1 aromatic heterocycles. The summed E-state index contributed by atoms with van der Waals surface area (Å²) in [7, 11) is 0. The number of nitrogens with one attached hydrogen (secondary N) is 1. The van der Waals surface area contributed by atoms with Gasteiger partial charge in [-0.1, -0.05) is 49.6 Å². The molecule has 2 aliphatic heterocycles. The molecule has 4 aliphatic rings. The maximum atomic E-state index is 14.5. The van der Waals surface area contributed by atoms with Crippen molar-refractivity contribution < 1.29 is 43.3 Å². The quantitative estimate of drug-likeness (QED) is 0.513. The maximum absolute atomic E-state index is 14.5. The van der Waals surface area contributed by atoms with E-state index in [4.69, 9.17) is 21.5 Å². The zero-order valence-corrected chi connectivity index (χ0v) is 24.9. The fourth-order valence-corrected chi connectivity index (χ4v) is 8.27. The number of nitrogens with zero attached hydrogens (tertiary/aromatic N) is 1. The number of amides is 1. The van der Waals surface area contributed by atoms with Gasteiger partial charge in [0.05, 0.1) is 18.5 Å². The number of hydrogen-bond acceptors (Lipinski definition) is 4. The van der Waals surface area contributed by atoms with Crippen LogP contribution in [0.2, 0.25) is 5.15 Å². The van der Waals surface area contributed by atoms with Crippen molar-refractivity contribution in [1.82, 2.24) is 4.90 Å². The number of pyridine rings is 1. The van der Waals surface area contributed by atoms with Gasteiger partial charge in [-0.25, -0.2) is 0 Å². The molecular formula is C32H40ClF3N3O4+. The number of quaternary nitrogens is 1. The van der Waals surface area contributed by atoms with Crippen LogP contribution in [0.15, 0.2) is 42.5 Å². The first-order valence-electron chi connectivity index (χ1n) is 15.4. The molecule has 234 valence electrons. The lowest BCUT2D eigenvalue weighted by atomic mass is 9.64. The molecule has 43 heavy (non-hydrogen) atoms. The van der Waals surface area contributed by atoms with Gasteiger partial charge in [-0.05, 0) is 73.6 Å². The first kappa shape index (κ1) is 31.7. The minimum absolute atomic E-state index is 0.0577. The summed E-state index contributed by atoms with van der Waals surface area (Å²) < 4.78 is 31.5. The van der Waals surface area contributed by atoms with Crippen LogP contribution in [-0.4, -0.2) is 53.7 Å². The van der Waals surface area contributed by atoms with Gasteiger partial charge in [-0.15, -0.1) is 0 Å². The number of carbonyl (C=O) groups is 2. The average Bonchev–Trinajstić information content (AvgIpc) is 3.43. The maximum Gasteiger partial charge on any atom is 0.430 e. The number of carbonyl (C=O) groups excluding carboxylic acids is 2. The highest BCUT2D eigenvalue weighted by Crippen LogP contribution is 2.48. The Morgan fingerprint density at radius 2 is 1.74 bits per heavy atom. The molecule has 1 amide bonds. The molecule has 6 rings (SSSR count). The van der Waals surface area contributed by atoms with Crippen LogP contribution in [-0.2, 0) is 15.0 Å². The first-order valence-corrected chi connectivity index (χ1v) is 15.7. The second kappa shape index (κ2) is 13.1. The summed E-state index contributed by atoms with van der Waals surface area (Å²) in [5, 5.41) is 22.4. The number of benzene rings is 1. The van der Waals surface area contributed by atoms with Crippen LogP contribution < -0.4 is 15.4 Å². The van der Waals surface area contributed by atoms with Crippen molar-refractivity contribution in [2.45, 2.75) is 87.4 Å². The van der Waals surface area contributed by atoms with Crippen LogP contribution in [0, 0.1) is 11.8 Å². The molecule has 3 fully saturated rings. The highest BCUT2D eigenvalue weighted by Gasteiger charge is 2.57. The third-order valence-electron chi connectivity index (χ3n) is 10.2. The number of likely N-dealkylation sites (tertiary alicyclic amines) is 1. The molecule has 0 bridgehead atoms. The van der Waals surface area contributed by atoms with Crippen LogP contribution in [0.25, 0.3) is 0 Å². The van der Waals surface area contributed by atoms with Gasteiger partial charge in [-0.2, -0.15) is 18.2 Å². The third-order valence-corrected chi connectivity index (χ3v) is 10.4. The predicted molar refractivity (Wildman–Crippen MR) is 151 cm³/mol. The summed E-state index contributed by atoms with van der Waals surface area (Å²) in [6.07, 6.45) is 4.33. The number of fused-ring (bicyclic) bond motifs is 2. The van der Waals surface area contributed by atoms with Crippen molar-refractivity contribution in [3.63, 3.8) is 0 Å². The van der Waals surface area contributed by atoms with Crippen LogP contribution in [0.4, 0.5) is 13.2 Å². The molecule has 3 heterocycles. The molecule has 2 unspecified atom stereocenters. The number of carboxylic acids is 1. The van der Waals surface area contributed by atoms with E-state index in [1.165, 1.54) is 37.7 Å². The number of aliphatic hydroxyl groups excluding tert-OH is 1. The standard InChI is InChI=1S/C30H38ClN3O2.C2HF3O2/c31-27-12-11-23-28(33-27)26(35)13-15-30(23)19-32-18-24(30)29(36)34-16-14-22(20-7-3-1-4-8-20)17-25(34)21-9-5-2-6-10-21;3-2(4,5)1(6)7/h1,3-4,7-8,11-12,21-22,24-26,32,35H,2,5-6,9-10,13-19H2;(H,6,7)/p+1/t22-,24?,25+,26?,30+;/m1./s1. The van der Waals surface area contributed by atoms with Crippen molar-refractivity contribution >= 4 is 23.5 Å². The number of aromatic amines is 1. The Kier molecular flexibility index (Phi) is 9.68. The molecule has 2 saturated heterocycles. The fourth-order valence-electron chi connectivity index (χ4n) is 8.11. The fraction of sp³-hybridized carbons (Fsp3) is 0.594. The number of hydrogen-bond donors (Lipinski definition) is 2. The van der Waals surface area contributed by atoms with Gasteiger partial charge in [0, 0.05) is 24.2 Å². The Bertz CT molecular complexity index is 1290. The Hall–Kier alpha value is -2.69. The lowest BCUT2D eigenvalue weighted by molar-refractivity contribution is -0.640. The van der Waals surface area contributed by atoms with Gasteiger partial charge >= 0.3 is 6.18 Å². The molecular weight excluding hydrogens is 583 g/mol. The van der Waals surface area contributed by atoms with Crippen molar-refractivity contribution in [3.8, 4) is 0 Å². The van der Waals surface area contributed by atoms with Crippen LogP contribution in [0.3, 0.4) is 0 Å². The van der Waals surface area contributed by atoms with Gasteiger partial charge in [0.1, 0.15) is 18.0 Å². The second-order valence-corrected chi connectivity index (χ2v) is 12.9. The predicted octanol–water partition coefficient (Wildman–Crippen LogP) is 3.07. The number of piperidine rings is 1. The minimum atomic E-state index is -5.19.